The summed E-state index contributed by atoms with van der Waals surface area (Å²) in [6, 6.07) is -0.584. The summed E-state index contributed by atoms with van der Waals surface area (Å²) in [6.07, 6.45) is 5.52. The van der Waals surface area contributed by atoms with Gasteiger partial charge >= 0.3 is 5.97 Å². The van der Waals surface area contributed by atoms with Gasteiger partial charge in [0.25, 0.3) is 0 Å². The van der Waals surface area contributed by atoms with Crippen molar-refractivity contribution in [2.75, 3.05) is 6.54 Å². The Morgan fingerprint density at radius 2 is 2.47 bits per heavy atom. The van der Waals surface area contributed by atoms with E-state index < -0.39 is 12.0 Å². The van der Waals surface area contributed by atoms with Gasteiger partial charge in [0, 0.05) is 18.8 Å². The largest absolute Gasteiger partial charge is 0.480 e. The molecule has 0 aliphatic heterocycles. The number of aryl methyl sites for hydroxylation is 1. The molecule has 0 aromatic carbocycles. The number of aliphatic carboxylic acids is 1. The Morgan fingerprint density at radius 1 is 1.73 bits per heavy atom. The highest BCUT2D eigenvalue weighted by Gasteiger charge is 2.20. The molecule has 0 bridgehead atoms. The summed E-state index contributed by atoms with van der Waals surface area (Å²) in [7, 11) is 0. The maximum absolute atomic E-state index is 11.0. The lowest BCUT2D eigenvalue weighted by Gasteiger charge is -2.15. The number of hydrogen-bond donors (Lipinski definition) is 2. The highest BCUT2D eigenvalue weighted by molar-refractivity contribution is 5.71. The third kappa shape index (κ3) is 2.79. The zero-order chi connectivity index (χ0) is 11.3. The maximum atomic E-state index is 11.0. The second kappa shape index (κ2) is 5.50. The van der Waals surface area contributed by atoms with Crippen LogP contribution in [-0.4, -0.2) is 27.2 Å². The predicted octanol–water partition coefficient (Wildman–Crippen LogP) is 0.810. The van der Waals surface area contributed by atoms with Crippen LogP contribution in [0, 0.1) is 0 Å². The van der Waals surface area contributed by atoms with Crippen molar-refractivity contribution < 1.29 is 9.90 Å². The van der Waals surface area contributed by atoms with E-state index in [9.17, 15) is 4.79 Å². The van der Waals surface area contributed by atoms with E-state index in [0.717, 1.165) is 18.7 Å². The molecule has 1 rings (SSSR count). The summed E-state index contributed by atoms with van der Waals surface area (Å²) in [5.74, 6) is -0.0332. The van der Waals surface area contributed by atoms with E-state index in [1.807, 2.05) is 6.92 Å². The lowest BCUT2D eigenvalue weighted by Crippen LogP contribution is -2.23. The Kier molecular flexibility index (Phi) is 4.30. The molecule has 5 heteroatoms. The van der Waals surface area contributed by atoms with Crippen LogP contribution in [0.25, 0.3) is 0 Å². The molecular formula is C10H17N3O2. The molecule has 1 heterocycles. The smallest absolute Gasteiger partial charge is 0.326 e. The number of carboxylic acids is 1. The first-order valence-electron chi connectivity index (χ1n) is 5.15. The van der Waals surface area contributed by atoms with Gasteiger partial charge in [-0.2, -0.15) is 0 Å². The van der Waals surface area contributed by atoms with Crippen molar-refractivity contribution in [3.63, 3.8) is 0 Å². The number of hydrogen-bond acceptors (Lipinski definition) is 3. The zero-order valence-electron chi connectivity index (χ0n) is 8.89. The molecule has 0 aliphatic carbocycles. The number of imidazole rings is 1. The topological polar surface area (TPSA) is 81.1 Å². The highest BCUT2D eigenvalue weighted by Crippen LogP contribution is 2.14. The molecule has 0 aliphatic rings. The molecule has 84 valence electrons. The van der Waals surface area contributed by atoms with Crippen molar-refractivity contribution in [3.8, 4) is 0 Å². The van der Waals surface area contributed by atoms with Crippen molar-refractivity contribution >= 4 is 5.97 Å². The van der Waals surface area contributed by atoms with Crippen molar-refractivity contribution in [1.82, 2.24) is 9.55 Å². The molecule has 1 aromatic rings. The highest BCUT2D eigenvalue weighted by atomic mass is 16.4. The van der Waals surface area contributed by atoms with Crippen LogP contribution in [0.15, 0.2) is 12.4 Å². The SMILES string of the molecule is CCCc1nccn1C(CCN)C(=O)O. The molecule has 5 nitrogen and oxygen atoms in total. The summed E-state index contributed by atoms with van der Waals surface area (Å²) in [5.41, 5.74) is 5.40. The molecule has 1 atom stereocenters. The maximum Gasteiger partial charge on any atom is 0.326 e. The van der Waals surface area contributed by atoms with Crippen molar-refractivity contribution in [2.24, 2.45) is 5.73 Å². The lowest BCUT2D eigenvalue weighted by atomic mass is 10.2. The molecule has 15 heavy (non-hydrogen) atoms. The molecular weight excluding hydrogens is 194 g/mol. The molecule has 0 amide bonds. The third-order valence-electron chi connectivity index (χ3n) is 2.28. The second-order valence-corrected chi connectivity index (χ2v) is 3.43. The monoisotopic (exact) mass is 211 g/mol. The normalized spacial score (nSPS) is 12.7. The molecule has 0 fully saturated rings. The minimum Gasteiger partial charge on any atom is -0.480 e. The predicted molar refractivity (Wildman–Crippen MR) is 56.6 cm³/mol. The summed E-state index contributed by atoms with van der Waals surface area (Å²) < 4.78 is 1.71. The fraction of sp³-hybridized carbons (Fsp3) is 0.600. The number of nitrogens with zero attached hydrogens (tertiary/aromatic N) is 2. The van der Waals surface area contributed by atoms with Crippen LogP contribution in [0.5, 0.6) is 0 Å². The van der Waals surface area contributed by atoms with Crippen LogP contribution in [0.3, 0.4) is 0 Å². The van der Waals surface area contributed by atoms with Gasteiger partial charge in [-0.05, 0) is 19.4 Å². The quantitative estimate of drug-likeness (QED) is 0.729. The van der Waals surface area contributed by atoms with Gasteiger partial charge in [0.2, 0.25) is 0 Å². The van der Waals surface area contributed by atoms with Crippen LogP contribution < -0.4 is 5.73 Å². The second-order valence-electron chi connectivity index (χ2n) is 3.43. The van der Waals surface area contributed by atoms with E-state index in [1.165, 1.54) is 0 Å². The number of aromatic nitrogens is 2. The van der Waals surface area contributed by atoms with E-state index in [0.29, 0.717) is 13.0 Å². The standard InChI is InChI=1S/C10H17N3O2/c1-2-3-9-12-6-7-13(9)8(4-5-11)10(14)15/h6-8H,2-5,11H2,1H3,(H,14,15). The molecule has 0 saturated carbocycles. The molecule has 1 unspecified atom stereocenters. The Labute approximate surface area is 88.9 Å². The first kappa shape index (κ1) is 11.7. The van der Waals surface area contributed by atoms with E-state index in [2.05, 4.69) is 4.98 Å². The van der Waals surface area contributed by atoms with Gasteiger partial charge in [-0.3, -0.25) is 0 Å². The van der Waals surface area contributed by atoms with Crippen LogP contribution in [0.2, 0.25) is 0 Å². The van der Waals surface area contributed by atoms with E-state index >= 15 is 0 Å². The number of nitrogens with two attached hydrogens (primary N) is 1. The fourth-order valence-electron chi connectivity index (χ4n) is 1.58. The first-order chi connectivity index (χ1) is 7.20. The first-order valence-corrected chi connectivity index (χ1v) is 5.15. The van der Waals surface area contributed by atoms with Gasteiger partial charge < -0.3 is 15.4 Å². The molecule has 1 aromatic heterocycles. The van der Waals surface area contributed by atoms with Gasteiger partial charge in [0.05, 0.1) is 0 Å². The molecule has 0 spiro atoms. The Morgan fingerprint density at radius 3 is 3.00 bits per heavy atom. The number of rotatable bonds is 6. The van der Waals surface area contributed by atoms with Gasteiger partial charge in [0.1, 0.15) is 11.9 Å². The number of carbonyl (C=O) groups is 1. The molecule has 0 saturated heterocycles. The van der Waals surface area contributed by atoms with Crippen LogP contribution in [0.1, 0.15) is 31.6 Å². The summed E-state index contributed by atoms with van der Waals surface area (Å²) in [5, 5.41) is 9.06. The van der Waals surface area contributed by atoms with Gasteiger partial charge in [0.15, 0.2) is 0 Å². The average molecular weight is 211 g/mol. The van der Waals surface area contributed by atoms with Gasteiger partial charge in [-0.25, -0.2) is 9.78 Å². The Bertz CT molecular complexity index is 322. The average Bonchev–Trinajstić information content (AvgIpc) is 2.62. The lowest BCUT2D eigenvalue weighted by molar-refractivity contribution is -0.141. The summed E-state index contributed by atoms with van der Waals surface area (Å²) in [4.78, 5) is 15.2. The van der Waals surface area contributed by atoms with Crippen molar-refractivity contribution in [2.45, 2.75) is 32.2 Å². The summed E-state index contributed by atoms with van der Waals surface area (Å²) in [6.45, 7) is 2.40. The van der Waals surface area contributed by atoms with E-state index in [1.54, 1.807) is 17.0 Å². The van der Waals surface area contributed by atoms with E-state index in [4.69, 9.17) is 10.8 Å². The van der Waals surface area contributed by atoms with Gasteiger partial charge in [-0.1, -0.05) is 6.92 Å². The number of carboxylic acid groups (broad SMARTS) is 1. The Hall–Kier alpha value is -1.36. The summed E-state index contributed by atoms with van der Waals surface area (Å²) >= 11 is 0. The van der Waals surface area contributed by atoms with Crippen molar-refractivity contribution in [1.29, 1.82) is 0 Å². The fourth-order valence-corrected chi connectivity index (χ4v) is 1.58. The third-order valence-corrected chi connectivity index (χ3v) is 2.28. The zero-order valence-corrected chi connectivity index (χ0v) is 8.89. The van der Waals surface area contributed by atoms with Crippen LogP contribution in [-0.2, 0) is 11.2 Å². The van der Waals surface area contributed by atoms with Crippen molar-refractivity contribution in [3.05, 3.63) is 18.2 Å². The minimum atomic E-state index is -0.851. The minimum absolute atomic E-state index is 0.362. The Balaban J connectivity index is 2.89. The molecule has 3 N–H and O–H groups in total. The van der Waals surface area contributed by atoms with Crippen LogP contribution >= 0.6 is 0 Å². The van der Waals surface area contributed by atoms with E-state index in [-0.39, 0.29) is 0 Å². The molecule has 0 radical (unpaired) electrons. The van der Waals surface area contributed by atoms with Gasteiger partial charge in [-0.15, -0.1) is 0 Å². The van der Waals surface area contributed by atoms with Crippen LogP contribution in [0.4, 0.5) is 0 Å².